The van der Waals surface area contributed by atoms with Crippen LogP contribution < -0.4 is 5.56 Å². The predicted molar refractivity (Wildman–Crippen MR) is 148 cm³/mol. The molecular weight excluding hydrogens is 490 g/mol. The van der Waals surface area contributed by atoms with Crippen molar-refractivity contribution in [3.8, 4) is 28.7 Å². The summed E-state index contributed by atoms with van der Waals surface area (Å²) in [7, 11) is 0. The van der Waals surface area contributed by atoms with Gasteiger partial charge < -0.3 is 9.55 Å². The molecule has 1 aromatic carbocycles. The third-order valence-electron chi connectivity index (χ3n) is 7.32. The summed E-state index contributed by atoms with van der Waals surface area (Å²) >= 11 is 0. The van der Waals surface area contributed by atoms with E-state index in [0.29, 0.717) is 28.8 Å². The van der Waals surface area contributed by atoms with E-state index < -0.39 is 0 Å². The van der Waals surface area contributed by atoms with Crippen molar-refractivity contribution >= 4 is 10.8 Å². The maximum Gasteiger partial charge on any atom is 0.264 e. The van der Waals surface area contributed by atoms with Gasteiger partial charge >= 0.3 is 0 Å². The number of hydrogen-bond donors (Lipinski definition) is 1. The van der Waals surface area contributed by atoms with Gasteiger partial charge in [-0.2, -0.15) is 9.78 Å². The van der Waals surface area contributed by atoms with E-state index in [0.717, 1.165) is 33.7 Å². The molecule has 1 aliphatic rings. The zero-order valence-corrected chi connectivity index (χ0v) is 21.9. The lowest BCUT2D eigenvalue weighted by atomic mass is 9.98. The predicted octanol–water partition coefficient (Wildman–Crippen LogP) is 4.85. The van der Waals surface area contributed by atoms with Crippen LogP contribution in [0.15, 0.2) is 72.6 Å². The van der Waals surface area contributed by atoms with Crippen LogP contribution in [-0.2, 0) is 0 Å². The van der Waals surface area contributed by atoms with E-state index >= 15 is 0 Å². The van der Waals surface area contributed by atoms with Crippen molar-refractivity contribution in [1.82, 2.24) is 43.8 Å². The van der Waals surface area contributed by atoms with E-state index in [1.807, 2.05) is 41.2 Å². The monoisotopic (exact) mass is 517 g/mol. The first-order valence-corrected chi connectivity index (χ1v) is 13.1. The highest BCUT2D eigenvalue weighted by Gasteiger charge is 2.26. The summed E-state index contributed by atoms with van der Waals surface area (Å²) in [6, 6.07) is 9.47. The third-order valence-corrected chi connectivity index (χ3v) is 7.32. The molecule has 10 nitrogen and oxygen atoms in total. The molecule has 1 fully saturated rings. The molecule has 5 aromatic heterocycles. The molecular formula is C29H27N9O. The van der Waals surface area contributed by atoms with Crippen LogP contribution in [0.3, 0.4) is 0 Å². The molecule has 10 heteroatoms. The Labute approximate surface area is 224 Å². The number of pyridine rings is 2. The fraction of sp³-hybridized carbons (Fsp3) is 0.241. The number of imidazole rings is 2. The van der Waals surface area contributed by atoms with Crippen LogP contribution in [0.2, 0.25) is 0 Å². The van der Waals surface area contributed by atoms with Crippen LogP contribution >= 0.6 is 0 Å². The van der Waals surface area contributed by atoms with Crippen molar-refractivity contribution in [2.24, 2.45) is 0 Å². The first kappa shape index (κ1) is 23.3. The van der Waals surface area contributed by atoms with Gasteiger partial charge in [0.15, 0.2) is 5.82 Å². The van der Waals surface area contributed by atoms with Crippen LogP contribution in [0.1, 0.15) is 55.6 Å². The van der Waals surface area contributed by atoms with Crippen LogP contribution in [0.4, 0.5) is 0 Å². The van der Waals surface area contributed by atoms with Crippen molar-refractivity contribution in [2.45, 2.75) is 45.4 Å². The van der Waals surface area contributed by atoms with Crippen LogP contribution in [0.25, 0.3) is 39.5 Å². The van der Waals surface area contributed by atoms with Crippen molar-refractivity contribution in [3.63, 3.8) is 0 Å². The van der Waals surface area contributed by atoms with Gasteiger partial charge in [-0.15, -0.1) is 0 Å². The lowest BCUT2D eigenvalue weighted by Gasteiger charge is -2.16. The van der Waals surface area contributed by atoms with Gasteiger partial charge in [0.25, 0.3) is 5.56 Å². The molecule has 0 aliphatic heterocycles. The van der Waals surface area contributed by atoms with Gasteiger partial charge in [-0.1, -0.05) is 19.9 Å². The quantitative estimate of drug-likeness (QED) is 0.338. The van der Waals surface area contributed by atoms with Crippen molar-refractivity contribution in [1.29, 1.82) is 0 Å². The van der Waals surface area contributed by atoms with Crippen LogP contribution in [0.5, 0.6) is 0 Å². The number of aromatic nitrogens is 9. The van der Waals surface area contributed by atoms with Crippen molar-refractivity contribution in [3.05, 3.63) is 95.2 Å². The zero-order valence-electron chi connectivity index (χ0n) is 21.9. The fourth-order valence-electron chi connectivity index (χ4n) is 5.18. The molecule has 1 N–H and O–H groups in total. The van der Waals surface area contributed by atoms with Crippen molar-refractivity contribution < 1.29 is 0 Å². The van der Waals surface area contributed by atoms with E-state index in [9.17, 15) is 4.79 Å². The molecule has 194 valence electrons. The summed E-state index contributed by atoms with van der Waals surface area (Å²) < 4.78 is 5.31. The molecule has 7 rings (SSSR count). The van der Waals surface area contributed by atoms with Gasteiger partial charge in [0.05, 0.1) is 23.1 Å². The number of benzene rings is 1. The summed E-state index contributed by atoms with van der Waals surface area (Å²) in [6.07, 6.45) is 13.1. The average Bonchev–Trinajstić information content (AvgIpc) is 3.32. The smallest absolute Gasteiger partial charge is 0.264 e. The summed E-state index contributed by atoms with van der Waals surface area (Å²) in [5.74, 6) is 3.34. The first-order valence-electron chi connectivity index (χ1n) is 13.1. The Morgan fingerprint density at radius 1 is 1.05 bits per heavy atom. The molecule has 0 amide bonds. The van der Waals surface area contributed by atoms with E-state index in [4.69, 9.17) is 4.98 Å². The summed E-state index contributed by atoms with van der Waals surface area (Å²) in [5.41, 5.74) is 3.73. The number of nitrogens with one attached hydrogen (secondary N) is 1. The van der Waals surface area contributed by atoms with Crippen molar-refractivity contribution in [2.75, 3.05) is 0 Å². The Balaban J connectivity index is 1.43. The minimum atomic E-state index is -0.170. The highest BCUT2D eigenvalue weighted by molar-refractivity contribution is 5.98. The topological polar surface area (TPSA) is 112 Å². The Hall–Kier alpha value is -4.86. The normalized spacial score (nSPS) is 13.5. The molecule has 0 spiro atoms. The Morgan fingerprint density at radius 2 is 1.90 bits per heavy atom. The van der Waals surface area contributed by atoms with Gasteiger partial charge in [0.2, 0.25) is 0 Å². The highest BCUT2D eigenvalue weighted by atomic mass is 16.1. The summed E-state index contributed by atoms with van der Waals surface area (Å²) in [4.78, 5) is 35.6. The number of hydrogen-bond acceptors (Lipinski definition) is 6. The van der Waals surface area contributed by atoms with E-state index in [1.165, 1.54) is 19.2 Å². The molecule has 6 aromatic rings. The fourth-order valence-corrected chi connectivity index (χ4v) is 5.18. The Bertz CT molecular complexity index is 1890. The maximum absolute atomic E-state index is 14.1. The van der Waals surface area contributed by atoms with E-state index in [2.05, 4.69) is 52.0 Å². The van der Waals surface area contributed by atoms with Crippen LogP contribution in [0, 0.1) is 6.92 Å². The van der Waals surface area contributed by atoms with Gasteiger partial charge in [-0.3, -0.25) is 9.36 Å². The van der Waals surface area contributed by atoms with Gasteiger partial charge in [-0.25, -0.2) is 19.9 Å². The summed E-state index contributed by atoms with van der Waals surface area (Å²) in [5, 5.41) is 5.76. The molecule has 1 aliphatic carbocycles. The second kappa shape index (κ2) is 8.87. The molecule has 0 atom stereocenters. The molecule has 1 saturated carbocycles. The van der Waals surface area contributed by atoms with E-state index in [1.54, 1.807) is 27.8 Å². The number of rotatable bonds is 6. The lowest BCUT2D eigenvalue weighted by Crippen LogP contribution is -2.20. The number of nitrogens with zero attached hydrogens (tertiary/aromatic N) is 8. The molecule has 5 heterocycles. The number of H-pyrrole nitrogens is 1. The SMILES string of the molecule is Cc1c(-n2cnc(C3CC3)c2)cc2c(=O)n(-c3cccc(-n4ncnc4C(C)C)n3)ccc2c1-c1ncc[nH]1. The standard InChI is InChI=1S/C29H27N9O/c1-17(2)28-32-15-34-38(28)25-6-4-5-24(35-25)37-12-9-20-21(29(37)39)13-23(18(3)26(20)27-30-10-11-31-27)36-14-22(33-16-36)19-7-8-19/h4-6,9-17,19H,7-8H2,1-3H3,(H,30,31). The highest BCUT2D eigenvalue weighted by Crippen LogP contribution is 2.40. The summed E-state index contributed by atoms with van der Waals surface area (Å²) in [6.45, 7) is 6.18. The number of fused-ring (bicyclic) bond motifs is 1. The lowest BCUT2D eigenvalue weighted by molar-refractivity contribution is 0.700. The number of aromatic amines is 1. The maximum atomic E-state index is 14.1. The molecule has 0 bridgehead atoms. The van der Waals surface area contributed by atoms with Crippen LogP contribution in [-0.4, -0.2) is 43.8 Å². The molecule has 0 unspecified atom stereocenters. The molecule has 0 radical (unpaired) electrons. The van der Waals surface area contributed by atoms with Gasteiger partial charge in [-0.05, 0) is 49.6 Å². The second-order valence-electron chi connectivity index (χ2n) is 10.3. The van der Waals surface area contributed by atoms with Gasteiger partial charge in [0, 0.05) is 47.6 Å². The average molecular weight is 518 g/mol. The molecule has 0 saturated heterocycles. The minimum absolute atomic E-state index is 0.170. The Morgan fingerprint density at radius 3 is 2.67 bits per heavy atom. The van der Waals surface area contributed by atoms with Gasteiger partial charge in [0.1, 0.15) is 23.8 Å². The minimum Gasteiger partial charge on any atom is -0.345 e. The first-order chi connectivity index (χ1) is 19.0. The Kier molecular flexibility index (Phi) is 5.29. The zero-order chi connectivity index (χ0) is 26.7. The van der Waals surface area contributed by atoms with E-state index in [-0.39, 0.29) is 11.5 Å². The largest absolute Gasteiger partial charge is 0.345 e. The third kappa shape index (κ3) is 3.87. The molecule has 39 heavy (non-hydrogen) atoms. The second-order valence-corrected chi connectivity index (χ2v) is 10.3.